The molecule has 6 heteroatoms. The first-order chi connectivity index (χ1) is 9.33. The number of nitrogens with one attached hydrogen (secondary N) is 1. The van der Waals surface area contributed by atoms with Crippen molar-refractivity contribution in [3.05, 3.63) is 35.4 Å². The first-order valence-electron chi connectivity index (χ1n) is 6.51. The Morgan fingerprint density at radius 1 is 1.47 bits per heavy atom. The molecule has 1 saturated heterocycles. The van der Waals surface area contributed by atoms with Crippen molar-refractivity contribution in [3.63, 3.8) is 0 Å². The van der Waals surface area contributed by atoms with E-state index in [1.165, 1.54) is 11.5 Å². The minimum Gasteiger partial charge on any atom is -0.349 e. The minimum atomic E-state index is 0.0673. The highest BCUT2D eigenvalue weighted by Crippen LogP contribution is 2.21. The van der Waals surface area contributed by atoms with Crippen LogP contribution in [0.1, 0.15) is 29.2 Å². The van der Waals surface area contributed by atoms with Crippen LogP contribution >= 0.6 is 11.5 Å². The quantitative estimate of drug-likeness (QED) is 0.932. The van der Waals surface area contributed by atoms with Gasteiger partial charge >= 0.3 is 0 Å². The molecule has 0 bridgehead atoms. The number of aromatic nitrogens is 3. The van der Waals surface area contributed by atoms with E-state index >= 15 is 0 Å². The SMILES string of the molecule is O=C(c1ccsn1)N1CCC(Cc2ncc[nH]2)CC1. The molecule has 0 radical (unpaired) electrons. The Morgan fingerprint density at radius 3 is 2.95 bits per heavy atom. The molecular weight excluding hydrogens is 260 g/mol. The van der Waals surface area contributed by atoms with E-state index in [-0.39, 0.29) is 5.91 Å². The molecule has 3 heterocycles. The van der Waals surface area contributed by atoms with Gasteiger partial charge < -0.3 is 9.88 Å². The maximum absolute atomic E-state index is 12.1. The van der Waals surface area contributed by atoms with Crippen LogP contribution in [0.2, 0.25) is 0 Å². The molecule has 0 spiro atoms. The van der Waals surface area contributed by atoms with E-state index in [0.717, 1.165) is 38.2 Å². The Balaban J connectivity index is 1.53. The number of carbonyl (C=O) groups is 1. The van der Waals surface area contributed by atoms with Crippen molar-refractivity contribution in [1.29, 1.82) is 0 Å². The first-order valence-corrected chi connectivity index (χ1v) is 7.34. The Morgan fingerprint density at radius 2 is 2.32 bits per heavy atom. The molecule has 2 aromatic heterocycles. The predicted molar refractivity (Wildman–Crippen MR) is 73.0 cm³/mol. The van der Waals surface area contributed by atoms with Gasteiger partial charge in [0.15, 0.2) is 0 Å². The third-order valence-electron chi connectivity index (χ3n) is 3.60. The molecule has 1 aliphatic heterocycles. The lowest BCUT2D eigenvalue weighted by atomic mass is 9.93. The van der Waals surface area contributed by atoms with Crippen LogP contribution in [0, 0.1) is 5.92 Å². The third-order valence-corrected chi connectivity index (χ3v) is 4.16. The van der Waals surface area contributed by atoms with Gasteiger partial charge in [-0.15, -0.1) is 0 Å². The van der Waals surface area contributed by atoms with Gasteiger partial charge in [-0.2, -0.15) is 4.37 Å². The Hall–Kier alpha value is -1.69. The zero-order valence-corrected chi connectivity index (χ0v) is 11.4. The number of hydrogen-bond acceptors (Lipinski definition) is 4. The number of H-pyrrole nitrogens is 1. The van der Waals surface area contributed by atoms with Gasteiger partial charge in [0.1, 0.15) is 11.5 Å². The molecule has 1 aliphatic rings. The van der Waals surface area contributed by atoms with Crippen molar-refractivity contribution in [3.8, 4) is 0 Å². The number of hydrogen-bond donors (Lipinski definition) is 1. The summed E-state index contributed by atoms with van der Waals surface area (Å²) in [5.74, 6) is 1.73. The van der Waals surface area contributed by atoms with Gasteiger partial charge in [0, 0.05) is 37.3 Å². The maximum atomic E-state index is 12.1. The molecule has 0 saturated carbocycles. The van der Waals surface area contributed by atoms with Gasteiger partial charge in [-0.1, -0.05) is 0 Å². The molecule has 100 valence electrons. The molecule has 0 aromatic carbocycles. The summed E-state index contributed by atoms with van der Waals surface area (Å²) in [6.07, 6.45) is 6.70. The second-order valence-electron chi connectivity index (χ2n) is 4.86. The lowest BCUT2D eigenvalue weighted by Crippen LogP contribution is -2.39. The van der Waals surface area contributed by atoms with Gasteiger partial charge in [0.05, 0.1) is 0 Å². The van der Waals surface area contributed by atoms with E-state index in [9.17, 15) is 4.79 Å². The summed E-state index contributed by atoms with van der Waals surface area (Å²) in [7, 11) is 0. The van der Waals surface area contributed by atoms with Crippen LogP contribution in [0.15, 0.2) is 23.8 Å². The van der Waals surface area contributed by atoms with Gasteiger partial charge in [-0.3, -0.25) is 4.79 Å². The van der Waals surface area contributed by atoms with Crippen LogP contribution in [-0.4, -0.2) is 38.2 Å². The van der Waals surface area contributed by atoms with Gasteiger partial charge in [-0.25, -0.2) is 4.98 Å². The van der Waals surface area contributed by atoms with Crippen LogP contribution in [0.3, 0.4) is 0 Å². The van der Waals surface area contributed by atoms with Crippen molar-refractivity contribution in [2.75, 3.05) is 13.1 Å². The Bertz CT molecular complexity index is 515. The maximum Gasteiger partial charge on any atom is 0.273 e. The van der Waals surface area contributed by atoms with E-state index in [0.29, 0.717) is 11.6 Å². The number of aromatic amines is 1. The van der Waals surface area contributed by atoms with Crippen molar-refractivity contribution in [1.82, 2.24) is 19.2 Å². The second kappa shape index (κ2) is 5.52. The highest BCUT2D eigenvalue weighted by atomic mass is 32.1. The number of piperidine rings is 1. The number of carbonyl (C=O) groups excluding carboxylic acids is 1. The van der Waals surface area contributed by atoms with E-state index in [4.69, 9.17) is 0 Å². The molecular formula is C13H16N4OS. The van der Waals surface area contributed by atoms with Crippen molar-refractivity contribution >= 4 is 17.4 Å². The summed E-state index contributed by atoms with van der Waals surface area (Å²) in [5, 5.41) is 1.84. The molecule has 5 nitrogen and oxygen atoms in total. The summed E-state index contributed by atoms with van der Waals surface area (Å²) in [4.78, 5) is 21.4. The van der Waals surface area contributed by atoms with Gasteiger partial charge in [-0.05, 0) is 36.4 Å². The van der Waals surface area contributed by atoms with E-state index in [2.05, 4.69) is 14.3 Å². The van der Waals surface area contributed by atoms with Crippen molar-refractivity contribution in [2.45, 2.75) is 19.3 Å². The van der Waals surface area contributed by atoms with Gasteiger partial charge in [0.2, 0.25) is 0 Å². The molecule has 1 fully saturated rings. The number of amides is 1. The summed E-state index contributed by atoms with van der Waals surface area (Å²) >= 11 is 1.33. The zero-order valence-electron chi connectivity index (χ0n) is 10.6. The summed E-state index contributed by atoms with van der Waals surface area (Å²) in [5.41, 5.74) is 0.578. The molecule has 1 amide bonds. The summed E-state index contributed by atoms with van der Waals surface area (Å²) < 4.78 is 4.11. The van der Waals surface area contributed by atoms with Crippen LogP contribution in [-0.2, 0) is 6.42 Å². The number of nitrogens with zero attached hydrogens (tertiary/aromatic N) is 3. The fourth-order valence-electron chi connectivity index (χ4n) is 2.51. The topological polar surface area (TPSA) is 61.9 Å². The van der Waals surface area contributed by atoms with Crippen LogP contribution in [0.5, 0.6) is 0 Å². The average molecular weight is 276 g/mol. The smallest absolute Gasteiger partial charge is 0.273 e. The zero-order chi connectivity index (χ0) is 13.1. The van der Waals surface area contributed by atoms with E-state index in [1.54, 1.807) is 12.3 Å². The van der Waals surface area contributed by atoms with E-state index in [1.807, 2.05) is 16.5 Å². The molecule has 0 unspecified atom stereocenters. The Kier molecular flexibility index (Phi) is 3.59. The summed E-state index contributed by atoms with van der Waals surface area (Å²) in [6.45, 7) is 1.64. The fourth-order valence-corrected chi connectivity index (χ4v) is 3.01. The van der Waals surface area contributed by atoms with Crippen molar-refractivity contribution in [2.24, 2.45) is 5.92 Å². The Labute approximate surface area is 115 Å². The monoisotopic (exact) mass is 276 g/mol. The molecule has 0 atom stereocenters. The highest BCUT2D eigenvalue weighted by molar-refractivity contribution is 7.03. The predicted octanol–water partition coefficient (Wildman–Crippen LogP) is 1.96. The number of imidazole rings is 1. The normalized spacial score (nSPS) is 16.7. The molecule has 1 N–H and O–H groups in total. The molecule has 3 rings (SSSR count). The van der Waals surface area contributed by atoms with Gasteiger partial charge in [0.25, 0.3) is 5.91 Å². The summed E-state index contributed by atoms with van der Waals surface area (Å²) in [6, 6.07) is 1.79. The third kappa shape index (κ3) is 2.84. The number of rotatable bonds is 3. The second-order valence-corrected chi connectivity index (χ2v) is 5.53. The van der Waals surface area contributed by atoms with Crippen LogP contribution < -0.4 is 0 Å². The molecule has 2 aromatic rings. The highest BCUT2D eigenvalue weighted by Gasteiger charge is 2.24. The number of likely N-dealkylation sites (tertiary alicyclic amines) is 1. The standard InChI is InChI=1S/C13H16N4OS/c18-13(11-3-8-19-16-11)17-6-1-10(2-7-17)9-12-14-4-5-15-12/h3-5,8,10H,1-2,6-7,9H2,(H,14,15). The van der Waals surface area contributed by atoms with Crippen LogP contribution in [0.4, 0.5) is 0 Å². The van der Waals surface area contributed by atoms with Crippen molar-refractivity contribution < 1.29 is 4.79 Å². The van der Waals surface area contributed by atoms with E-state index < -0.39 is 0 Å². The van der Waals surface area contributed by atoms with Crippen LogP contribution in [0.25, 0.3) is 0 Å². The molecule has 0 aliphatic carbocycles. The minimum absolute atomic E-state index is 0.0673. The average Bonchev–Trinajstić information content (AvgIpc) is 3.12. The fraction of sp³-hybridized carbons (Fsp3) is 0.462. The largest absolute Gasteiger partial charge is 0.349 e. The molecule has 19 heavy (non-hydrogen) atoms. The lowest BCUT2D eigenvalue weighted by molar-refractivity contribution is 0.0685. The lowest BCUT2D eigenvalue weighted by Gasteiger charge is -2.31. The first kappa shape index (κ1) is 12.3.